The molecule has 0 radical (unpaired) electrons. The average molecular weight is 252 g/mol. The van der Waals surface area contributed by atoms with E-state index in [0.717, 1.165) is 18.7 Å². The molecule has 2 atom stereocenters. The molecule has 1 saturated carbocycles. The third-order valence-electron chi connectivity index (χ3n) is 4.02. The second-order valence-electron chi connectivity index (χ2n) is 5.09. The summed E-state index contributed by atoms with van der Waals surface area (Å²) in [5.74, 6) is 0.535. The summed E-state index contributed by atoms with van der Waals surface area (Å²) in [6, 6.07) is 0.00861. The van der Waals surface area contributed by atoms with Crippen molar-refractivity contribution in [3.05, 3.63) is 18.2 Å². The number of aryl methyl sites for hydroxylation is 1. The first kappa shape index (κ1) is 12.1. The van der Waals surface area contributed by atoms with Crippen LogP contribution in [-0.4, -0.2) is 39.8 Å². The van der Waals surface area contributed by atoms with E-state index in [2.05, 4.69) is 16.5 Å². The molecule has 1 aliphatic carbocycles. The summed E-state index contributed by atoms with van der Waals surface area (Å²) in [6.45, 7) is 3.40. The minimum absolute atomic E-state index is 0.00861. The highest BCUT2D eigenvalue weighted by molar-refractivity contribution is 5.00. The van der Waals surface area contributed by atoms with Crippen molar-refractivity contribution in [2.75, 3.05) is 13.2 Å². The lowest BCUT2D eigenvalue weighted by Gasteiger charge is -2.40. The fourth-order valence-electron chi connectivity index (χ4n) is 3.08. The number of ether oxygens (including phenoxy) is 2. The van der Waals surface area contributed by atoms with Gasteiger partial charge in [-0.1, -0.05) is 6.92 Å². The zero-order valence-electron chi connectivity index (χ0n) is 10.7. The van der Waals surface area contributed by atoms with Crippen LogP contribution < -0.4 is 0 Å². The maximum absolute atomic E-state index is 10.2. The van der Waals surface area contributed by atoms with Gasteiger partial charge in [0.25, 0.3) is 0 Å². The normalized spacial score (nSPS) is 31.0. The first-order valence-corrected chi connectivity index (χ1v) is 6.72. The topological polar surface area (TPSA) is 56.5 Å². The molecule has 3 rings (SSSR count). The molecule has 0 amide bonds. The number of hydrogen-bond acceptors (Lipinski definition) is 4. The molecule has 1 aromatic rings. The molecule has 0 bridgehead atoms. The molecule has 2 unspecified atom stereocenters. The summed E-state index contributed by atoms with van der Waals surface area (Å²) in [4.78, 5) is 4.33. The quantitative estimate of drug-likeness (QED) is 0.861. The Labute approximate surface area is 107 Å². The average Bonchev–Trinajstić information content (AvgIpc) is 3.02. The van der Waals surface area contributed by atoms with Gasteiger partial charge in [-0.25, -0.2) is 4.98 Å². The molecule has 5 heteroatoms. The van der Waals surface area contributed by atoms with Crippen LogP contribution in [0.15, 0.2) is 12.4 Å². The molecule has 100 valence electrons. The minimum Gasteiger partial charge on any atom is -0.391 e. The Morgan fingerprint density at radius 2 is 2.28 bits per heavy atom. The van der Waals surface area contributed by atoms with Gasteiger partial charge in [-0.05, 0) is 6.42 Å². The SMILES string of the molecule is CCc1nccn1C1CC2(CCC1O)OCCO2. The standard InChI is InChI=1S/C13H20N2O3/c1-2-12-14-5-6-15(12)10-9-13(4-3-11(10)16)17-7-8-18-13/h5-6,10-11,16H,2-4,7-9H2,1H3. The summed E-state index contributed by atoms with van der Waals surface area (Å²) in [6.07, 6.45) is 6.46. The number of aromatic nitrogens is 2. The second kappa shape index (κ2) is 4.64. The van der Waals surface area contributed by atoms with Crippen LogP contribution in [0.2, 0.25) is 0 Å². The molecule has 2 aliphatic rings. The van der Waals surface area contributed by atoms with Crippen LogP contribution >= 0.6 is 0 Å². The number of aliphatic hydroxyl groups excluding tert-OH is 1. The Kier molecular flexibility index (Phi) is 3.13. The zero-order chi connectivity index (χ0) is 12.6. The molecule has 1 aromatic heterocycles. The fraction of sp³-hybridized carbons (Fsp3) is 0.769. The number of nitrogens with zero attached hydrogens (tertiary/aromatic N) is 2. The van der Waals surface area contributed by atoms with Crippen molar-refractivity contribution in [2.24, 2.45) is 0 Å². The minimum atomic E-state index is -0.473. The Morgan fingerprint density at radius 1 is 1.50 bits per heavy atom. The number of hydrogen-bond donors (Lipinski definition) is 1. The third-order valence-corrected chi connectivity index (χ3v) is 4.02. The highest BCUT2D eigenvalue weighted by Gasteiger charge is 2.45. The zero-order valence-corrected chi connectivity index (χ0v) is 10.7. The maximum Gasteiger partial charge on any atom is 0.170 e. The van der Waals surface area contributed by atoms with E-state index < -0.39 is 5.79 Å². The molecule has 5 nitrogen and oxygen atoms in total. The van der Waals surface area contributed by atoms with Crippen LogP contribution in [0.1, 0.15) is 38.1 Å². The van der Waals surface area contributed by atoms with Crippen LogP contribution in [0.5, 0.6) is 0 Å². The highest BCUT2D eigenvalue weighted by Crippen LogP contribution is 2.41. The van der Waals surface area contributed by atoms with E-state index in [1.165, 1.54) is 0 Å². The first-order valence-electron chi connectivity index (χ1n) is 6.72. The van der Waals surface area contributed by atoms with E-state index in [0.29, 0.717) is 26.1 Å². The van der Waals surface area contributed by atoms with Crippen LogP contribution in [-0.2, 0) is 15.9 Å². The molecular formula is C13H20N2O3. The van der Waals surface area contributed by atoms with E-state index in [4.69, 9.17) is 9.47 Å². The van der Waals surface area contributed by atoms with Crippen LogP contribution in [0.25, 0.3) is 0 Å². The lowest BCUT2D eigenvalue weighted by Crippen LogP contribution is -2.43. The van der Waals surface area contributed by atoms with E-state index in [9.17, 15) is 5.11 Å². The summed E-state index contributed by atoms with van der Waals surface area (Å²) < 4.78 is 13.6. The Hall–Kier alpha value is -0.910. The van der Waals surface area contributed by atoms with Gasteiger partial charge in [0, 0.05) is 31.7 Å². The molecule has 2 heterocycles. The monoisotopic (exact) mass is 252 g/mol. The number of imidazole rings is 1. The van der Waals surface area contributed by atoms with E-state index in [-0.39, 0.29) is 12.1 Å². The van der Waals surface area contributed by atoms with Crippen molar-refractivity contribution in [1.82, 2.24) is 9.55 Å². The molecule has 1 N–H and O–H groups in total. The summed E-state index contributed by atoms with van der Waals surface area (Å²) >= 11 is 0. The van der Waals surface area contributed by atoms with Crippen molar-refractivity contribution in [1.29, 1.82) is 0 Å². The highest BCUT2D eigenvalue weighted by atomic mass is 16.7. The summed E-state index contributed by atoms with van der Waals surface area (Å²) in [5, 5.41) is 10.2. The van der Waals surface area contributed by atoms with Gasteiger partial charge in [0.05, 0.1) is 25.4 Å². The first-order chi connectivity index (χ1) is 8.74. The van der Waals surface area contributed by atoms with Gasteiger partial charge in [-0.3, -0.25) is 0 Å². The molecule has 1 saturated heterocycles. The molecule has 2 fully saturated rings. The fourth-order valence-corrected chi connectivity index (χ4v) is 3.08. The predicted molar refractivity (Wildman–Crippen MR) is 65.1 cm³/mol. The molecule has 1 aliphatic heterocycles. The Balaban J connectivity index is 1.85. The largest absolute Gasteiger partial charge is 0.391 e. The summed E-state index contributed by atoms with van der Waals surface area (Å²) in [7, 11) is 0. The van der Waals surface area contributed by atoms with Crippen molar-refractivity contribution in [3.63, 3.8) is 0 Å². The van der Waals surface area contributed by atoms with Crippen molar-refractivity contribution in [2.45, 2.75) is 50.5 Å². The second-order valence-corrected chi connectivity index (χ2v) is 5.09. The smallest absolute Gasteiger partial charge is 0.170 e. The lowest BCUT2D eigenvalue weighted by molar-refractivity contribution is -0.199. The van der Waals surface area contributed by atoms with Crippen LogP contribution in [0.4, 0.5) is 0 Å². The van der Waals surface area contributed by atoms with E-state index in [1.54, 1.807) is 6.20 Å². The van der Waals surface area contributed by atoms with Crippen LogP contribution in [0.3, 0.4) is 0 Å². The van der Waals surface area contributed by atoms with Crippen LogP contribution in [0, 0.1) is 0 Å². The van der Waals surface area contributed by atoms with Gasteiger partial charge in [0.1, 0.15) is 5.82 Å². The van der Waals surface area contributed by atoms with Crippen molar-refractivity contribution in [3.8, 4) is 0 Å². The molecule has 18 heavy (non-hydrogen) atoms. The molecule has 1 spiro atoms. The third kappa shape index (κ3) is 1.96. The van der Waals surface area contributed by atoms with Crippen molar-refractivity contribution < 1.29 is 14.6 Å². The van der Waals surface area contributed by atoms with Gasteiger partial charge < -0.3 is 19.1 Å². The van der Waals surface area contributed by atoms with E-state index in [1.807, 2.05) is 6.20 Å². The van der Waals surface area contributed by atoms with Crippen molar-refractivity contribution >= 4 is 0 Å². The lowest BCUT2D eigenvalue weighted by atomic mass is 9.87. The summed E-state index contributed by atoms with van der Waals surface area (Å²) in [5.41, 5.74) is 0. The van der Waals surface area contributed by atoms with E-state index >= 15 is 0 Å². The molecule has 0 aromatic carbocycles. The van der Waals surface area contributed by atoms with Gasteiger partial charge in [0.15, 0.2) is 5.79 Å². The van der Waals surface area contributed by atoms with Gasteiger partial charge in [-0.2, -0.15) is 0 Å². The maximum atomic E-state index is 10.2. The number of rotatable bonds is 2. The Bertz CT molecular complexity index is 412. The Morgan fingerprint density at radius 3 is 3.00 bits per heavy atom. The van der Waals surface area contributed by atoms with Gasteiger partial charge in [-0.15, -0.1) is 0 Å². The van der Waals surface area contributed by atoms with Gasteiger partial charge >= 0.3 is 0 Å². The predicted octanol–water partition coefficient (Wildman–Crippen LogP) is 1.27. The number of aliphatic hydroxyl groups is 1. The molecular weight excluding hydrogens is 232 g/mol. The van der Waals surface area contributed by atoms with Gasteiger partial charge in [0.2, 0.25) is 0 Å².